The fraction of sp³-hybridized carbons (Fsp3) is 0.100. The third-order valence-electron chi connectivity index (χ3n) is 4.03. The Hall–Kier alpha value is -3.74. The Balaban J connectivity index is 1.64. The first kappa shape index (κ1) is 18.1. The maximum atomic E-state index is 12.2. The van der Waals surface area contributed by atoms with E-state index in [9.17, 15) is 19.7 Å². The smallest absolute Gasteiger partial charge is 0.338 e. The lowest BCUT2D eigenvalue weighted by Crippen LogP contribution is -2.21. The topological polar surface area (TPSA) is 98.5 Å². The molecule has 0 aromatic heterocycles. The summed E-state index contributed by atoms with van der Waals surface area (Å²) in [4.78, 5) is 34.5. The molecule has 0 aliphatic rings. The minimum Gasteiger partial charge on any atom is -0.452 e. The van der Waals surface area contributed by atoms with Crippen molar-refractivity contribution in [1.29, 1.82) is 0 Å². The molecule has 0 aliphatic carbocycles. The number of hydrogen-bond donors (Lipinski definition) is 1. The molecule has 0 fully saturated rings. The first-order chi connectivity index (χ1) is 12.9. The summed E-state index contributed by atoms with van der Waals surface area (Å²) in [7, 11) is 0. The Kier molecular flexibility index (Phi) is 5.12. The standard InChI is InChI=1S/C20H16N2O5/c1-13-6-9-17(22(25)26)11-18(13)21-19(23)12-27-20(24)16-8-7-14-4-2-3-5-15(14)10-16/h2-11H,12H2,1H3,(H,21,23). The normalized spacial score (nSPS) is 10.4. The Morgan fingerprint density at radius 3 is 2.52 bits per heavy atom. The van der Waals surface area contributed by atoms with Gasteiger partial charge in [-0.25, -0.2) is 4.79 Å². The van der Waals surface area contributed by atoms with Gasteiger partial charge in [0.2, 0.25) is 0 Å². The molecule has 0 aliphatic heterocycles. The lowest BCUT2D eigenvalue weighted by molar-refractivity contribution is -0.384. The largest absolute Gasteiger partial charge is 0.452 e. The van der Waals surface area contributed by atoms with Crippen molar-refractivity contribution in [3.05, 3.63) is 81.9 Å². The van der Waals surface area contributed by atoms with E-state index in [1.54, 1.807) is 25.1 Å². The van der Waals surface area contributed by atoms with Crippen LogP contribution in [0.4, 0.5) is 11.4 Å². The van der Waals surface area contributed by atoms with E-state index in [0.717, 1.165) is 10.8 Å². The van der Waals surface area contributed by atoms with Crippen LogP contribution in [-0.2, 0) is 9.53 Å². The zero-order valence-corrected chi connectivity index (χ0v) is 14.5. The Morgan fingerprint density at radius 2 is 1.78 bits per heavy atom. The van der Waals surface area contributed by atoms with Crippen LogP contribution in [0.15, 0.2) is 60.7 Å². The number of benzene rings is 3. The highest BCUT2D eigenvalue weighted by Gasteiger charge is 2.14. The van der Waals surface area contributed by atoms with Gasteiger partial charge in [-0.05, 0) is 35.4 Å². The molecule has 27 heavy (non-hydrogen) atoms. The van der Waals surface area contributed by atoms with Crippen molar-refractivity contribution in [2.75, 3.05) is 11.9 Å². The molecule has 0 atom stereocenters. The molecule has 3 aromatic carbocycles. The fourth-order valence-electron chi connectivity index (χ4n) is 2.58. The van der Waals surface area contributed by atoms with Crippen LogP contribution in [-0.4, -0.2) is 23.4 Å². The predicted molar refractivity (Wildman–Crippen MR) is 101 cm³/mol. The van der Waals surface area contributed by atoms with Crippen molar-refractivity contribution in [3.63, 3.8) is 0 Å². The monoisotopic (exact) mass is 364 g/mol. The van der Waals surface area contributed by atoms with Crippen LogP contribution in [0.2, 0.25) is 0 Å². The molecule has 3 aromatic rings. The number of nitrogens with zero attached hydrogens (tertiary/aromatic N) is 1. The van der Waals surface area contributed by atoms with Crippen LogP contribution >= 0.6 is 0 Å². The first-order valence-electron chi connectivity index (χ1n) is 8.15. The molecular formula is C20H16N2O5. The number of fused-ring (bicyclic) bond motifs is 1. The number of nitro benzene ring substituents is 1. The number of hydrogen-bond acceptors (Lipinski definition) is 5. The lowest BCUT2D eigenvalue weighted by atomic mass is 10.1. The molecule has 0 unspecified atom stereocenters. The SMILES string of the molecule is Cc1ccc([N+](=O)[O-])cc1NC(=O)COC(=O)c1ccc2ccccc2c1. The number of amides is 1. The van der Waals surface area contributed by atoms with Crippen LogP contribution in [0.3, 0.4) is 0 Å². The maximum Gasteiger partial charge on any atom is 0.338 e. The van der Waals surface area contributed by atoms with Gasteiger partial charge in [-0.1, -0.05) is 36.4 Å². The molecular weight excluding hydrogens is 348 g/mol. The van der Waals surface area contributed by atoms with Crippen molar-refractivity contribution in [3.8, 4) is 0 Å². The van der Waals surface area contributed by atoms with Crippen molar-refractivity contribution in [1.82, 2.24) is 0 Å². The number of nitro groups is 1. The molecule has 0 heterocycles. The number of ether oxygens (including phenoxy) is 1. The minimum absolute atomic E-state index is 0.135. The lowest BCUT2D eigenvalue weighted by Gasteiger charge is -2.09. The number of rotatable bonds is 5. The summed E-state index contributed by atoms with van der Waals surface area (Å²) < 4.78 is 5.04. The average Bonchev–Trinajstić information content (AvgIpc) is 2.67. The second-order valence-electron chi connectivity index (χ2n) is 5.94. The highest BCUT2D eigenvalue weighted by molar-refractivity contribution is 5.98. The Bertz CT molecular complexity index is 1050. The van der Waals surface area contributed by atoms with Gasteiger partial charge in [0, 0.05) is 12.1 Å². The summed E-state index contributed by atoms with van der Waals surface area (Å²) in [6.45, 7) is 1.22. The van der Waals surface area contributed by atoms with Gasteiger partial charge in [0.1, 0.15) is 0 Å². The van der Waals surface area contributed by atoms with Gasteiger partial charge in [-0.15, -0.1) is 0 Å². The van der Waals surface area contributed by atoms with Crippen LogP contribution < -0.4 is 5.32 Å². The van der Waals surface area contributed by atoms with E-state index in [2.05, 4.69) is 5.32 Å². The third kappa shape index (κ3) is 4.27. The van der Waals surface area contributed by atoms with E-state index in [-0.39, 0.29) is 5.69 Å². The first-order valence-corrected chi connectivity index (χ1v) is 8.15. The number of carbonyl (C=O) groups excluding carboxylic acids is 2. The molecule has 1 amide bonds. The zero-order valence-electron chi connectivity index (χ0n) is 14.5. The van der Waals surface area contributed by atoms with Crippen LogP contribution in [0, 0.1) is 17.0 Å². The van der Waals surface area contributed by atoms with Crippen molar-refractivity contribution < 1.29 is 19.2 Å². The van der Waals surface area contributed by atoms with Gasteiger partial charge in [-0.2, -0.15) is 0 Å². The summed E-state index contributed by atoms with van der Waals surface area (Å²) in [6, 6.07) is 16.9. The van der Waals surface area contributed by atoms with E-state index in [0.29, 0.717) is 16.8 Å². The number of aryl methyl sites for hydroxylation is 1. The summed E-state index contributed by atoms with van der Waals surface area (Å²) in [6.07, 6.45) is 0. The van der Waals surface area contributed by atoms with Gasteiger partial charge >= 0.3 is 5.97 Å². The molecule has 0 radical (unpaired) electrons. The summed E-state index contributed by atoms with van der Waals surface area (Å²) >= 11 is 0. The molecule has 1 N–H and O–H groups in total. The Morgan fingerprint density at radius 1 is 1.04 bits per heavy atom. The second-order valence-corrected chi connectivity index (χ2v) is 5.94. The van der Waals surface area contributed by atoms with E-state index >= 15 is 0 Å². The third-order valence-corrected chi connectivity index (χ3v) is 4.03. The number of anilines is 1. The number of nitrogens with one attached hydrogen (secondary N) is 1. The molecule has 0 spiro atoms. The van der Waals surface area contributed by atoms with E-state index in [1.807, 2.05) is 24.3 Å². The highest BCUT2D eigenvalue weighted by Crippen LogP contribution is 2.22. The predicted octanol–water partition coefficient (Wildman–Crippen LogP) is 3.85. The van der Waals surface area contributed by atoms with Gasteiger partial charge in [0.15, 0.2) is 6.61 Å². The quantitative estimate of drug-likeness (QED) is 0.421. The minimum atomic E-state index is -0.619. The molecule has 7 heteroatoms. The number of non-ortho nitro benzene ring substituents is 1. The molecule has 0 saturated heterocycles. The summed E-state index contributed by atoms with van der Waals surface area (Å²) in [5, 5.41) is 15.2. The van der Waals surface area contributed by atoms with E-state index in [4.69, 9.17) is 4.74 Å². The van der Waals surface area contributed by atoms with Gasteiger partial charge < -0.3 is 10.1 Å². The van der Waals surface area contributed by atoms with Crippen molar-refractivity contribution in [2.24, 2.45) is 0 Å². The second kappa shape index (κ2) is 7.65. The van der Waals surface area contributed by atoms with Crippen molar-refractivity contribution >= 4 is 34.0 Å². The molecule has 136 valence electrons. The molecule has 0 bridgehead atoms. The molecule has 7 nitrogen and oxygen atoms in total. The fourth-order valence-corrected chi connectivity index (χ4v) is 2.58. The average molecular weight is 364 g/mol. The summed E-state index contributed by atoms with van der Waals surface area (Å²) in [5.74, 6) is -1.19. The van der Waals surface area contributed by atoms with Gasteiger partial charge in [0.25, 0.3) is 11.6 Å². The van der Waals surface area contributed by atoms with Gasteiger partial charge in [0.05, 0.1) is 16.2 Å². The van der Waals surface area contributed by atoms with E-state index in [1.165, 1.54) is 18.2 Å². The number of esters is 1. The van der Waals surface area contributed by atoms with E-state index < -0.39 is 23.4 Å². The van der Waals surface area contributed by atoms with Gasteiger partial charge in [-0.3, -0.25) is 14.9 Å². The molecule has 3 rings (SSSR count). The van der Waals surface area contributed by atoms with Crippen LogP contribution in [0.5, 0.6) is 0 Å². The Labute approximate surface area is 154 Å². The molecule has 0 saturated carbocycles. The van der Waals surface area contributed by atoms with Crippen LogP contribution in [0.1, 0.15) is 15.9 Å². The number of carbonyl (C=O) groups is 2. The van der Waals surface area contributed by atoms with Crippen molar-refractivity contribution in [2.45, 2.75) is 6.92 Å². The highest BCUT2D eigenvalue weighted by atomic mass is 16.6. The van der Waals surface area contributed by atoms with Crippen LogP contribution in [0.25, 0.3) is 10.8 Å². The zero-order chi connectivity index (χ0) is 19.4. The maximum absolute atomic E-state index is 12.2. The summed E-state index contributed by atoms with van der Waals surface area (Å²) in [5.41, 5.74) is 1.17.